The van der Waals surface area contributed by atoms with Gasteiger partial charge in [0.1, 0.15) is 0 Å². The van der Waals surface area contributed by atoms with Crippen molar-refractivity contribution in [1.29, 1.82) is 0 Å². The third-order valence-corrected chi connectivity index (χ3v) is 0. The highest BCUT2D eigenvalue weighted by atomic mass is 27.0. The van der Waals surface area contributed by atoms with Crippen LogP contribution in [-0.4, -0.2) is 116 Å². The van der Waals surface area contributed by atoms with Gasteiger partial charge in [-0.2, -0.15) is 0 Å². The maximum Gasteiger partial charge on any atom is 0.316 e. The topological polar surface area (TPSA) is 0 Å². The lowest BCUT2D eigenvalue weighted by Crippen LogP contribution is -0.382. The molecule has 0 nitrogen and oxygen atoms in total. The third kappa shape index (κ3) is 25.4. The highest BCUT2D eigenvalue weighted by molar-refractivity contribution is 5.76. The van der Waals surface area contributed by atoms with Gasteiger partial charge in [0.15, 0.2) is 69.4 Å². The van der Waals surface area contributed by atoms with E-state index in [9.17, 15) is 0 Å². The fourth-order valence-corrected chi connectivity index (χ4v) is 0. The minimum atomic E-state index is 0. The largest absolute Gasteiger partial charge is 0.316 e. The maximum absolute atomic E-state index is 0. The standard InChI is InChI=1S/4Al.2Mg.16H. The average molecular weight is 173 g/mol. The lowest BCUT2D eigenvalue weighted by Gasteiger charge is 0.186. The van der Waals surface area contributed by atoms with E-state index in [1.165, 1.54) is 0 Å². The number of rotatable bonds is 0. The van der Waals surface area contributed by atoms with E-state index in [0.717, 1.165) is 0 Å². The molecule has 0 radical (unpaired) electrons. The Morgan fingerprint density at radius 1 is 0.333 bits per heavy atom. The molecule has 6 heteroatoms. The van der Waals surface area contributed by atoms with Crippen LogP contribution in [-0.2, 0) is 0 Å². The average Bonchev–Trinajstić information content (AvgIpc) is 0. The summed E-state index contributed by atoms with van der Waals surface area (Å²) in [7, 11) is 0. The van der Waals surface area contributed by atoms with Crippen molar-refractivity contribution < 1.29 is 0 Å². The first-order valence-electron chi connectivity index (χ1n) is 0. The quantitative estimate of drug-likeness (QED) is 0.319. The first kappa shape index (κ1) is 54.1. The van der Waals surface area contributed by atoms with Gasteiger partial charge < -0.3 is 0 Å². The molecule has 0 aromatic rings. The summed E-state index contributed by atoms with van der Waals surface area (Å²) in [5.74, 6) is 0. The highest BCUT2D eigenvalue weighted by Crippen LogP contribution is -0.376. The second kappa shape index (κ2) is 37.9. The summed E-state index contributed by atoms with van der Waals surface area (Å²) in [6.07, 6.45) is 0. The number of hydrogen-bond donors (Lipinski definition) is 0. The molecule has 6 heavy (non-hydrogen) atoms. The second-order valence-corrected chi connectivity index (χ2v) is 0. The Bertz CT molecular complexity index is 5.51. The molecule has 0 heterocycles. The molecular formula is H16Al4Mg2. The summed E-state index contributed by atoms with van der Waals surface area (Å²) in [5, 5.41) is 0. The minimum absolute atomic E-state index is 0. The Morgan fingerprint density at radius 2 is 0.333 bits per heavy atom. The smallest absolute Gasteiger partial charge is 0.187 e. The van der Waals surface area contributed by atoms with Crippen LogP contribution in [0.4, 0.5) is 0 Å². The maximum atomic E-state index is 0. The van der Waals surface area contributed by atoms with Crippen molar-refractivity contribution in [3.8, 4) is 0 Å². The molecule has 0 saturated heterocycles. The lowest BCUT2D eigenvalue weighted by molar-refractivity contribution is 5.75. The van der Waals surface area contributed by atoms with E-state index in [1.807, 2.05) is 0 Å². The van der Waals surface area contributed by atoms with Crippen molar-refractivity contribution in [2.75, 3.05) is 0 Å². The van der Waals surface area contributed by atoms with E-state index in [1.54, 1.807) is 0 Å². The third-order valence-electron chi connectivity index (χ3n) is 0. The predicted octanol–water partition coefficient (Wildman–Crippen LogP) is -6.57. The van der Waals surface area contributed by atoms with Crippen molar-refractivity contribution in [1.82, 2.24) is 0 Å². The van der Waals surface area contributed by atoms with Crippen LogP contribution in [0.5, 0.6) is 0 Å². The van der Waals surface area contributed by atoms with Gasteiger partial charge in [-0.05, 0) is 0 Å². The molecule has 0 aliphatic rings. The summed E-state index contributed by atoms with van der Waals surface area (Å²) in [6.45, 7) is 0. The SMILES string of the molecule is [AlH3].[AlH3].[AlH3].[AlH3].[MgH2].[MgH2]. The van der Waals surface area contributed by atoms with Gasteiger partial charge in [-0.25, -0.2) is 0 Å². The Morgan fingerprint density at radius 3 is 0.333 bits per heavy atom. The van der Waals surface area contributed by atoms with Gasteiger partial charge >= 0.3 is 46.1 Å². The Balaban J connectivity index is 0. The first-order chi connectivity index (χ1) is 0. The van der Waals surface area contributed by atoms with Crippen LogP contribution in [0.15, 0.2) is 0 Å². The molecule has 0 unspecified atom stereocenters. The van der Waals surface area contributed by atoms with Gasteiger partial charge in [0.2, 0.25) is 0 Å². The first-order valence-corrected chi connectivity index (χ1v) is 0. The monoisotopic (exact) mass is 172 g/mol. The molecule has 0 rings (SSSR count). The minimum Gasteiger partial charge on any atom is 0.187 e. The van der Waals surface area contributed by atoms with E-state index in [0.29, 0.717) is 0 Å². The zero-order valence-corrected chi connectivity index (χ0v) is 0. The molecule has 0 atom stereocenters. The summed E-state index contributed by atoms with van der Waals surface area (Å²) in [5.41, 5.74) is 0. The van der Waals surface area contributed by atoms with E-state index in [-0.39, 0.29) is 116 Å². The van der Waals surface area contributed by atoms with Crippen molar-refractivity contribution in [2.45, 2.75) is 0 Å². The van der Waals surface area contributed by atoms with Gasteiger partial charge in [-0.15, -0.1) is 0 Å². The number of hydrogen-bond acceptors (Lipinski definition) is 0. The molecule has 0 aromatic carbocycles. The molecular weight excluding hydrogens is 157 g/mol. The zero-order valence-electron chi connectivity index (χ0n) is 0. The van der Waals surface area contributed by atoms with E-state index >= 15 is 0 Å². The van der Waals surface area contributed by atoms with Gasteiger partial charge in [-0.1, -0.05) is 0 Å². The van der Waals surface area contributed by atoms with Crippen LogP contribution >= 0.6 is 0 Å². The Hall–Kier alpha value is 3.66. The normalized spacial score (nSPS) is 0. The lowest BCUT2D eigenvalue weighted by atomic mass is 24.3. The summed E-state index contributed by atoms with van der Waals surface area (Å²) >= 11 is 0. The van der Waals surface area contributed by atoms with E-state index in [4.69, 9.17) is 0 Å². The summed E-state index contributed by atoms with van der Waals surface area (Å²) in [6, 6.07) is 0. The fourth-order valence-electron chi connectivity index (χ4n) is 0. The van der Waals surface area contributed by atoms with Gasteiger partial charge in [-0.3, -0.25) is 0 Å². The summed E-state index contributed by atoms with van der Waals surface area (Å²) < 4.78 is 0. The molecule has 0 amide bonds. The zero-order chi connectivity index (χ0) is 0. The van der Waals surface area contributed by atoms with Crippen LogP contribution in [0.1, 0.15) is 0 Å². The van der Waals surface area contributed by atoms with Gasteiger partial charge in [0, 0.05) is 0 Å². The second-order valence-electron chi connectivity index (χ2n) is 0. The molecule has 0 spiro atoms. The molecule has 0 fully saturated rings. The van der Waals surface area contributed by atoms with Gasteiger partial charge in [0.05, 0.1) is 0 Å². The van der Waals surface area contributed by atoms with Crippen LogP contribution in [0.3, 0.4) is 0 Å². The van der Waals surface area contributed by atoms with Crippen LogP contribution < -0.4 is 0 Å². The Kier molecular flexibility index (Phi) is 342. The van der Waals surface area contributed by atoms with Crippen LogP contribution in [0.2, 0.25) is 0 Å². The molecule has 0 aliphatic carbocycles. The van der Waals surface area contributed by atoms with E-state index in [2.05, 4.69) is 0 Å². The van der Waals surface area contributed by atoms with Crippen molar-refractivity contribution in [3.05, 3.63) is 0 Å². The molecule has 0 aromatic heterocycles. The van der Waals surface area contributed by atoms with Gasteiger partial charge in [0.25, 0.3) is 0 Å². The highest BCUT2D eigenvalue weighted by Gasteiger charge is 0.317. The van der Waals surface area contributed by atoms with Crippen LogP contribution in [0.25, 0.3) is 0 Å². The molecule has 0 bridgehead atoms. The summed E-state index contributed by atoms with van der Waals surface area (Å²) in [4.78, 5) is 0. The predicted molar refractivity (Wildman–Crippen MR) is 56.8 cm³/mol. The van der Waals surface area contributed by atoms with Crippen molar-refractivity contribution in [3.63, 3.8) is 0 Å². The van der Waals surface area contributed by atoms with Crippen LogP contribution in [0, 0.1) is 0 Å². The van der Waals surface area contributed by atoms with Crippen molar-refractivity contribution in [2.24, 2.45) is 0 Å². The fraction of sp³-hybridized carbons (Fsp3) is 0. The molecule has 32 valence electrons. The Labute approximate surface area is 113 Å². The molecule has 0 N–H and O–H groups in total. The molecule has 0 aliphatic heterocycles. The molecule has 0 saturated carbocycles. The van der Waals surface area contributed by atoms with E-state index < -0.39 is 0 Å². The van der Waals surface area contributed by atoms with Crippen molar-refractivity contribution >= 4 is 116 Å².